The molecule has 3 aromatic rings. The Bertz CT molecular complexity index is 972. The highest BCUT2D eigenvalue weighted by atomic mass is 16.3. The molecule has 0 aliphatic rings. The summed E-state index contributed by atoms with van der Waals surface area (Å²) in [4.78, 5) is 20.1. The van der Waals surface area contributed by atoms with E-state index in [1.165, 1.54) is 19.3 Å². The van der Waals surface area contributed by atoms with E-state index in [1.807, 2.05) is 35.8 Å². The van der Waals surface area contributed by atoms with Crippen LogP contribution in [-0.4, -0.2) is 32.0 Å². The van der Waals surface area contributed by atoms with E-state index in [-0.39, 0.29) is 12.4 Å². The summed E-state index contributed by atoms with van der Waals surface area (Å²) in [5.74, 6) is 0.351. The Morgan fingerprint density at radius 2 is 2.00 bits per heavy atom. The molecule has 0 atom stereocenters. The highest BCUT2D eigenvalue weighted by molar-refractivity contribution is 6.05. The smallest absolute Gasteiger partial charge is 0.152 e. The molecule has 0 spiro atoms. The maximum atomic E-state index is 11.5. The van der Waals surface area contributed by atoms with Crippen molar-refractivity contribution < 1.29 is 9.90 Å². The molecule has 0 aliphatic carbocycles. The van der Waals surface area contributed by atoms with Gasteiger partial charge in [-0.25, -0.2) is 9.97 Å². The average molecular weight is 350 g/mol. The minimum atomic E-state index is -0.0436. The van der Waals surface area contributed by atoms with Crippen molar-refractivity contribution in [2.24, 2.45) is 0 Å². The van der Waals surface area contributed by atoms with Crippen molar-refractivity contribution >= 4 is 28.7 Å². The maximum Gasteiger partial charge on any atom is 0.152 e. The number of aliphatic hydroxyl groups is 1. The zero-order valence-corrected chi connectivity index (χ0v) is 14.9. The van der Waals surface area contributed by atoms with Gasteiger partial charge in [0, 0.05) is 18.7 Å². The first kappa shape index (κ1) is 17.8. The third kappa shape index (κ3) is 3.36. The number of benzene rings is 1. The van der Waals surface area contributed by atoms with E-state index in [2.05, 4.69) is 9.97 Å². The third-order valence-corrected chi connectivity index (χ3v) is 4.27. The van der Waals surface area contributed by atoms with Crippen molar-refractivity contribution in [3.63, 3.8) is 0 Å². The van der Waals surface area contributed by atoms with Crippen molar-refractivity contribution in [1.29, 1.82) is 0 Å². The molecule has 2 heterocycles. The van der Waals surface area contributed by atoms with Crippen LogP contribution >= 0.6 is 0 Å². The van der Waals surface area contributed by atoms with Crippen LogP contribution in [0.3, 0.4) is 0 Å². The lowest BCUT2D eigenvalue weighted by molar-refractivity contribution is -0.112. The van der Waals surface area contributed by atoms with Gasteiger partial charge in [0.15, 0.2) is 5.78 Å². The van der Waals surface area contributed by atoms with E-state index in [1.54, 1.807) is 6.08 Å². The van der Waals surface area contributed by atoms with Crippen LogP contribution in [0.1, 0.15) is 24.6 Å². The second-order valence-electron chi connectivity index (χ2n) is 6.26. The number of hydrogen-bond acceptors (Lipinski definition) is 5. The second-order valence-corrected chi connectivity index (χ2v) is 6.26. The molecule has 0 saturated heterocycles. The Morgan fingerprint density at radius 1 is 1.27 bits per heavy atom. The van der Waals surface area contributed by atoms with E-state index in [9.17, 15) is 9.90 Å². The summed E-state index contributed by atoms with van der Waals surface area (Å²) in [5.41, 5.74) is 10.7. The number of carbonyl (C=O) groups is 1. The summed E-state index contributed by atoms with van der Waals surface area (Å²) in [6, 6.07) is 8.12. The number of nitrogens with two attached hydrogens (primary N) is 1. The number of carbonyl (C=O) groups excluding carboxylic acids is 1. The largest absolute Gasteiger partial charge is 0.396 e. The number of nitrogen functional groups attached to an aromatic ring is 1. The number of aliphatic hydroxyl groups excluding tert-OH is 1. The molecule has 0 radical (unpaired) electrons. The van der Waals surface area contributed by atoms with Crippen molar-refractivity contribution in [2.75, 3.05) is 12.3 Å². The molecule has 0 bridgehead atoms. The van der Waals surface area contributed by atoms with Gasteiger partial charge in [-0.2, -0.15) is 0 Å². The Kier molecular flexibility index (Phi) is 5.14. The van der Waals surface area contributed by atoms with E-state index in [0.717, 1.165) is 27.8 Å². The topological polar surface area (TPSA) is 94.0 Å². The molecule has 0 amide bonds. The van der Waals surface area contributed by atoms with Crippen LogP contribution in [0.2, 0.25) is 0 Å². The molecule has 0 unspecified atom stereocenters. The number of aryl methyl sites for hydroxylation is 2. The number of anilines is 1. The summed E-state index contributed by atoms with van der Waals surface area (Å²) in [7, 11) is 0. The molecule has 1 aromatic carbocycles. The summed E-state index contributed by atoms with van der Waals surface area (Å²) < 4.78 is 1.98. The molecule has 134 valence electrons. The Hall–Kier alpha value is -2.99. The summed E-state index contributed by atoms with van der Waals surface area (Å²) in [6.45, 7) is 4.17. The first-order chi connectivity index (χ1) is 12.5. The maximum absolute atomic E-state index is 11.5. The van der Waals surface area contributed by atoms with Gasteiger partial charge in [-0.05, 0) is 38.0 Å². The highest BCUT2D eigenvalue weighted by Gasteiger charge is 2.20. The van der Waals surface area contributed by atoms with Crippen molar-refractivity contribution in [3.05, 3.63) is 47.9 Å². The Morgan fingerprint density at radius 3 is 2.65 bits per heavy atom. The van der Waals surface area contributed by atoms with Crippen molar-refractivity contribution in [2.45, 2.75) is 26.8 Å². The van der Waals surface area contributed by atoms with Crippen LogP contribution in [-0.2, 0) is 11.3 Å². The SMILES string of the molecule is CC(=O)C=Cc1c(-c2ccc(C)cc2)c2c(N)ncnc2n1CCCO. The highest BCUT2D eigenvalue weighted by Crippen LogP contribution is 2.37. The van der Waals surface area contributed by atoms with E-state index < -0.39 is 0 Å². The van der Waals surface area contributed by atoms with E-state index >= 15 is 0 Å². The third-order valence-electron chi connectivity index (χ3n) is 4.27. The number of fused-ring (bicyclic) bond motifs is 1. The number of ketones is 1. The fraction of sp³-hybridized carbons (Fsp3) is 0.250. The van der Waals surface area contributed by atoms with Gasteiger partial charge in [0.2, 0.25) is 0 Å². The second kappa shape index (κ2) is 7.49. The molecule has 6 nitrogen and oxygen atoms in total. The van der Waals surface area contributed by atoms with Gasteiger partial charge in [-0.15, -0.1) is 0 Å². The predicted octanol–water partition coefficient (Wildman–Crippen LogP) is 2.97. The fourth-order valence-corrected chi connectivity index (χ4v) is 3.05. The van der Waals surface area contributed by atoms with Crippen LogP contribution in [0.15, 0.2) is 36.7 Å². The average Bonchev–Trinajstić information content (AvgIpc) is 2.93. The molecule has 6 heteroatoms. The number of rotatable bonds is 6. The monoisotopic (exact) mass is 350 g/mol. The van der Waals surface area contributed by atoms with E-state index in [0.29, 0.717) is 24.4 Å². The van der Waals surface area contributed by atoms with Gasteiger partial charge in [0.05, 0.1) is 11.1 Å². The lowest BCUT2D eigenvalue weighted by Gasteiger charge is -2.08. The Labute approximate surface area is 152 Å². The normalized spacial score (nSPS) is 11.5. The molecule has 3 N–H and O–H groups in total. The summed E-state index contributed by atoms with van der Waals surface area (Å²) in [5, 5.41) is 10.0. The van der Waals surface area contributed by atoms with Crippen LogP contribution < -0.4 is 5.73 Å². The predicted molar refractivity (Wildman–Crippen MR) is 104 cm³/mol. The lowest BCUT2D eigenvalue weighted by Crippen LogP contribution is -2.04. The van der Waals surface area contributed by atoms with Gasteiger partial charge in [0.1, 0.15) is 17.8 Å². The standard InChI is InChI=1S/C20H22N4O2/c1-13-4-7-15(8-5-13)17-16(9-6-14(2)26)24(10-3-11-25)20-18(17)19(21)22-12-23-20/h4-9,12,25H,3,10-11H2,1-2H3,(H2,21,22,23). The molecule has 0 saturated carbocycles. The van der Waals surface area contributed by atoms with Crippen LogP contribution in [0.4, 0.5) is 5.82 Å². The zero-order valence-electron chi connectivity index (χ0n) is 14.9. The molecular formula is C20H22N4O2. The quantitative estimate of drug-likeness (QED) is 0.667. The Balaban J connectivity index is 2.36. The van der Waals surface area contributed by atoms with Gasteiger partial charge < -0.3 is 15.4 Å². The summed E-state index contributed by atoms with van der Waals surface area (Å²) >= 11 is 0. The summed E-state index contributed by atoms with van der Waals surface area (Å²) in [6.07, 6.45) is 5.33. The first-order valence-corrected chi connectivity index (χ1v) is 8.52. The van der Waals surface area contributed by atoms with E-state index in [4.69, 9.17) is 5.73 Å². The molecule has 26 heavy (non-hydrogen) atoms. The number of aromatic nitrogens is 3. The van der Waals surface area contributed by atoms with Crippen LogP contribution in [0, 0.1) is 6.92 Å². The fourth-order valence-electron chi connectivity index (χ4n) is 3.05. The molecule has 0 aliphatic heterocycles. The lowest BCUT2D eigenvalue weighted by atomic mass is 10.0. The molecular weight excluding hydrogens is 328 g/mol. The minimum absolute atomic E-state index is 0.0436. The minimum Gasteiger partial charge on any atom is -0.396 e. The molecule has 0 fully saturated rings. The van der Waals surface area contributed by atoms with Gasteiger partial charge in [-0.3, -0.25) is 4.79 Å². The first-order valence-electron chi connectivity index (χ1n) is 8.52. The van der Waals surface area contributed by atoms with Crippen LogP contribution in [0.5, 0.6) is 0 Å². The number of nitrogens with zero attached hydrogens (tertiary/aromatic N) is 3. The van der Waals surface area contributed by atoms with Gasteiger partial charge in [-0.1, -0.05) is 29.8 Å². The van der Waals surface area contributed by atoms with Crippen molar-refractivity contribution in [3.8, 4) is 11.1 Å². The number of hydrogen-bond donors (Lipinski definition) is 2. The van der Waals surface area contributed by atoms with Gasteiger partial charge >= 0.3 is 0 Å². The number of allylic oxidation sites excluding steroid dienone is 1. The molecule has 2 aromatic heterocycles. The molecule has 3 rings (SSSR count). The van der Waals surface area contributed by atoms with Gasteiger partial charge in [0.25, 0.3) is 0 Å². The van der Waals surface area contributed by atoms with Crippen molar-refractivity contribution in [1.82, 2.24) is 14.5 Å². The zero-order chi connectivity index (χ0) is 18.7. The van der Waals surface area contributed by atoms with Crippen LogP contribution in [0.25, 0.3) is 28.2 Å².